The minimum absolute atomic E-state index is 0.0919. The summed E-state index contributed by atoms with van der Waals surface area (Å²) in [5.41, 5.74) is 0.911. The molecule has 1 aliphatic rings. The molecule has 0 bridgehead atoms. The molecule has 2 amide bonds. The van der Waals surface area contributed by atoms with Crippen molar-refractivity contribution in [1.29, 1.82) is 0 Å². The number of ketones is 1. The zero-order valence-electron chi connectivity index (χ0n) is 17.8. The molecular weight excluding hydrogens is 531 g/mol. The zero-order chi connectivity index (χ0) is 24.6. The Labute approximate surface area is 202 Å². The number of carbonyl (C=O) groups excluding carboxylic acids is 3. The van der Waals surface area contributed by atoms with Crippen molar-refractivity contribution < 1.29 is 33.5 Å². The smallest absolute Gasteiger partial charge is 0.362 e. The van der Waals surface area contributed by atoms with Crippen molar-refractivity contribution in [2.24, 2.45) is 0 Å². The molecule has 13 heteroatoms. The van der Waals surface area contributed by atoms with Gasteiger partial charge in [0.1, 0.15) is 28.8 Å². The van der Waals surface area contributed by atoms with Gasteiger partial charge in [-0.1, -0.05) is 6.07 Å². The Bertz CT molecular complexity index is 1350. The second kappa shape index (κ2) is 9.30. The predicted octanol–water partition coefficient (Wildman–Crippen LogP) is 2.36. The number of hydrogen-bond donors (Lipinski definition) is 3. The number of hydrogen-bond acceptors (Lipinski definition) is 6. The number of pyridine rings is 1. The van der Waals surface area contributed by atoms with Crippen molar-refractivity contribution in [3.05, 3.63) is 52.8 Å². The largest absolute Gasteiger partial charge is 0.481 e. The fourth-order valence-electron chi connectivity index (χ4n) is 3.50. The van der Waals surface area contributed by atoms with Crippen LogP contribution in [0.1, 0.15) is 17.3 Å². The lowest BCUT2D eigenvalue weighted by atomic mass is 10.1. The molecule has 178 valence electrons. The van der Waals surface area contributed by atoms with E-state index in [0.717, 1.165) is 0 Å². The highest BCUT2D eigenvalue weighted by molar-refractivity contribution is 9.10. The number of amides is 2. The number of ether oxygens (including phenoxy) is 1. The number of benzene rings is 1. The molecule has 0 aliphatic carbocycles. The number of halogens is 1. The van der Waals surface area contributed by atoms with E-state index in [0.29, 0.717) is 26.9 Å². The van der Waals surface area contributed by atoms with Crippen molar-refractivity contribution in [3.63, 3.8) is 0 Å². The Morgan fingerprint density at radius 3 is 2.71 bits per heavy atom. The van der Waals surface area contributed by atoms with Gasteiger partial charge >= 0.3 is 7.60 Å². The lowest BCUT2D eigenvalue weighted by molar-refractivity contribution is -0.129. The first-order valence-corrected chi connectivity index (χ1v) is 12.6. The molecule has 0 spiro atoms. The molecule has 11 nitrogen and oxygen atoms in total. The monoisotopic (exact) mass is 550 g/mol. The van der Waals surface area contributed by atoms with Gasteiger partial charge in [0.15, 0.2) is 12.1 Å². The van der Waals surface area contributed by atoms with Crippen LogP contribution in [-0.2, 0) is 20.7 Å². The first-order chi connectivity index (χ1) is 16.0. The molecule has 0 radical (unpaired) electrons. The molecule has 3 heterocycles. The molecule has 1 atom stereocenters. The molecule has 1 aliphatic heterocycles. The summed E-state index contributed by atoms with van der Waals surface area (Å²) in [6.45, 7) is 1.56. The second-order valence-electron chi connectivity index (χ2n) is 7.74. The van der Waals surface area contributed by atoms with Crippen molar-refractivity contribution in [2.45, 2.75) is 19.5 Å². The Morgan fingerprint density at radius 2 is 2.03 bits per heavy atom. The topological polar surface area (TPSA) is 151 Å². The van der Waals surface area contributed by atoms with E-state index in [1.165, 1.54) is 24.0 Å². The molecule has 34 heavy (non-hydrogen) atoms. The van der Waals surface area contributed by atoms with Gasteiger partial charge in [0.2, 0.25) is 11.8 Å². The Balaban J connectivity index is 1.47. The van der Waals surface area contributed by atoms with Crippen LogP contribution in [0.4, 0.5) is 5.82 Å². The quantitative estimate of drug-likeness (QED) is 0.167. The summed E-state index contributed by atoms with van der Waals surface area (Å²) >= 11 is 3.23. The fraction of sp³-hybridized carbons (Fsp3) is 0.238. The molecule has 0 saturated carbocycles. The Morgan fingerprint density at radius 1 is 1.26 bits per heavy atom. The van der Waals surface area contributed by atoms with E-state index < -0.39 is 20.0 Å². The highest BCUT2D eigenvalue weighted by Crippen LogP contribution is 2.35. The average Bonchev–Trinajstić information content (AvgIpc) is 3.48. The minimum atomic E-state index is -4.36. The first-order valence-electron chi connectivity index (χ1n) is 10.1. The van der Waals surface area contributed by atoms with Crippen molar-refractivity contribution in [2.75, 3.05) is 18.2 Å². The van der Waals surface area contributed by atoms with Crippen LogP contribution in [-0.4, -0.2) is 60.8 Å². The van der Waals surface area contributed by atoms with E-state index in [1.807, 2.05) is 0 Å². The third-order valence-corrected chi connectivity index (χ3v) is 6.05. The second-order valence-corrected chi connectivity index (χ2v) is 10.1. The first kappa shape index (κ1) is 24.1. The average molecular weight is 551 g/mol. The van der Waals surface area contributed by atoms with Crippen LogP contribution in [0.3, 0.4) is 0 Å². The van der Waals surface area contributed by atoms with Crippen molar-refractivity contribution in [1.82, 2.24) is 14.5 Å². The summed E-state index contributed by atoms with van der Waals surface area (Å²) in [6, 6.07) is 9.11. The van der Waals surface area contributed by atoms with Crippen LogP contribution in [0.15, 0.2) is 47.2 Å². The molecule has 2 aromatic heterocycles. The maximum atomic E-state index is 12.8. The highest BCUT2D eigenvalue weighted by Gasteiger charge is 2.44. The van der Waals surface area contributed by atoms with Crippen LogP contribution in [0.25, 0.3) is 10.9 Å². The van der Waals surface area contributed by atoms with Crippen LogP contribution in [0, 0.1) is 0 Å². The van der Waals surface area contributed by atoms with Crippen molar-refractivity contribution in [3.8, 4) is 5.75 Å². The van der Waals surface area contributed by atoms with Gasteiger partial charge in [-0.05, 0) is 53.2 Å². The standard InChI is InChI=1S/C21H20BrN4O7P/c1-12(27)15-8-25(16-6-5-13(7-14(15)16)33-11-34(30,31)32)10-20(28)26-9-17(26)21(29)24-19-4-2-3-18(22)23-19/h2-8,17H,9-11H2,1H3,(H,23,24,29)(H2,30,31,32)/t17-,26?/m0/s1. The molecule has 3 aromatic rings. The van der Waals surface area contributed by atoms with Gasteiger partial charge in [-0.25, -0.2) is 4.98 Å². The summed E-state index contributed by atoms with van der Waals surface area (Å²) in [7, 11) is -4.36. The number of aromatic nitrogens is 2. The van der Waals surface area contributed by atoms with Gasteiger partial charge in [-0.3, -0.25) is 18.9 Å². The third-order valence-electron chi connectivity index (χ3n) is 5.14. The van der Waals surface area contributed by atoms with Crippen LogP contribution < -0.4 is 10.1 Å². The maximum Gasteiger partial charge on any atom is 0.362 e. The van der Waals surface area contributed by atoms with E-state index >= 15 is 0 Å². The minimum Gasteiger partial charge on any atom is -0.481 e. The van der Waals surface area contributed by atoms with Gasteiger partial charge in [-0.15, -0.1) is 0 Å². The molecule has 3 N–H and O–H groups in total. The third kappa shape index (κ3) is 5.53. The highest BCUT2D eigenvalue weighted by atomic mass is 79.9. The van der Waals surface area contributed by atoms with Gasteiger partial charge < -0.3 is 29.3 Å². The number of Topliss-reactive ketones (excluding diaryl/α,β-unsaturated/α-hetero) is 1. The normalized spacial score (nSPS) is 15.3. The van der Waals surface area contributed by atoms with Crippen molar-refractivity contribution >= 4 is 57.8 Å². The predicted molar refractivity (Wildman–Crippen MR) is 126 cm³/mol. The van der Waals surface area contributed by atoms with Crippen LogP contribution in [0.2, 0.25) is 0 Å². The number of carbonyl (C=O) groups is 3. The molecule has 1 saturated heterocycles. The molecule has 1 fully saturated rings. The maximum absolute atomic E-state index is 12.8. The Kier molecular flexibility index (Phi) is 6.59. The SMILES string of the molecule is CC(=O)c1cn(CC(=O)N2C[C@H]2C(=O)Nc2cccc(Br)n2)c2ccc(OCP(=O)(O)O)cc12. The van der Waals surface area contributed by atoms with Crippen LogP contribution >= 0.6 is 23.5 Å². The van der Waals surface area contributed by atoms with Gasteiger partial charge in [0.25, 0.3) is 0 Å². The van der Waals surface area contributed by atoms with E-state index in [2.05, 4.69) is 26.2 Å². The lowest BCUT2D eigenvalue weighted by Gasteiger charge is -2.09. The molecule has 4 rings (SSSR count). The van der Waals surface area contributed by atoms with E-state index in [-0.39, 0.29) is 36.4 Å². The molecular formula is C21H20BrN4O7P. The fourth-order valence-corrected chi connectivity index (χ4v) is 4.16. The number of nitrogens with zero attached hydrogens (tertiary/aromatic N) is 3. The number of nitrogens with one attached hydrogen (secondary N) is 1. The summed E-state index contributed by atoms with van der Waals surface area (Å²) in [5, 5.41) is 3.17. The molecule has 1 aromatic carbocycles. The van der Waals surface area contributed by atoms with Gasteiger partial charge in [0, 0.05) is 22.7 Å². The molecule has 0 unspecified atom stereocenters. The zero-order valence-corrected chi connectivity index (χ0v) is 20.3. The van der Waals surface area contributed by atoms with Crippen LogP contribution in [0.5, 0.6) is 5.75 Å². The summed E-state index contributed by atoms with van der Waals surface area (Å²) < 4.78 is 18.4. The lowest BCUT2D eigenvalue weighted by Crippen LogP contribution is -2.26. The van der Waals surface area contributed by atoms with Gasteiger partial charge in [0.05, 0.1) is 6.54 Å². The number of fused-ring (bicyclic) bond motifs is 1. The van der Waals surface area contributed by atoms with E-state index in [4.69, 9.17) is 14.5 Å². The van der Waals surface area contributed by atoms with E-state index in [9.17, 15) is 18.9 Å². The number of anilines is 1. The summed E-state index contributed by atoms with van der Waals surface area (Å²) in [4.78, 5) is 61.0. The summed E-state index contributed by atoms with van der Waals surface area (Å²) in [6.07, 6.45) is 0.753. The Hall–Kier alpha value is -3.05. The summed E-state index contributed by atoms with van der Waals surface area (Å²) in [5.74, 6) is -0.318. The van der Waals surface area contributed by atoms with E-state index in [1.54, 1.807) is 35.0 Å². The van der Waals surface area contributed by atoms with Gasteiger partial charge in [-0.2, -0.15) is 0 Å². The number of rotatable bonds is 8.